The monoisotopic (exact) mass is 355 g/mol. The van der Waals surface area contributed by atoms with E-state index in [9.17, 15) is 9.59 Å². The van der Waals surface area contributed by atoms with Gasteiger partial charge in [0.25, 0.3) is 5.91 Å². The van der Waals surface area contributed by atoms with E-state index in [1.807, 2.05) is 45.9 Å². The summed E-state index contributed by atoms with van der Waals surface area (Å²) in [4.78, 5) is 24.5. The minimum absolute atomic E-state index is 0.0570. The highest BCUT2D eigenvalue weighted by Gasteiger charge is 2.19. The molecule has 0 aliphatic rings. The van der Waals surface area contributed by atoms with E-state index in [1.54, 1.807) is 31.2 Å². The molecule has 0 fully saturated rings. The highest BCUT2D eigenvalue weighted by atomic mass is 16.5. The van der Waals surface area contributed by atoms with Crippen LogP contribution in [0, 0.1) is 13.8 Å². The number of aryl methyl sites for hydroxylation is 2. The molecule has 2 rings (SSSR count). The lowest BCUT2D eigenvalue weighted by atomic mass is 10.1. The summed E-state index contributed by atoms with van der Waals surface area (Å²) >= 11 is 0. The molecule has 2 aromatic rings. The lowest BCUT2D eigenvalue weighted by Crippen LogP contribution is -2.30. The van der Waals surface area contributed by atoms with Crippen LogP contribution in [0.2, 0.25) is 0 Å². The number of amides is 1. The van der Waals surface area contributed by atoms with E-state index < -0.39 is 12.1 Å². The molecule has 1 N–H and O–H groups in total. The summed E-state index contributed by atoms with van der Waals surface area (Å²) < 4.78 is 10.8. The molecular formula is C21H25NO4. The number of hydrogen-bond donors (Lipinski definition) is 1. The normalized spacial score (nSPS) is 11.8. The van der Waals surface area contributed by atoms with Crippen LogP contribution in [0.1, 0.15) is 42.3 Å². The summed E-state index contributed by atoms with van der Waals surface area (Å²) in [6.07, 6.45) is -0.851. The zero-order valence-corrected chi connectivity index (χ0v) is 15.8. The van der Waals surface area contributed by atoms with Crippen molar-refractivity contribution in [3.63, 3.8) is 0 Å². The van der Waals surface area contributed by atoms with Gasteiger partial charge < -0.3 is 14.8 Å². The molecule has 138 valence electrons. The quantitative estimate of drug-likeness (QED) is 0.786. The van der Waals surface area contributed by atoms with Gasteiger partial charge in [0.1, 0.15) is 5.75 Å². The molecular weight excluding hydrogens is 330 g/mol. The van der Waals surface area contributed by atoms with E-state index in [2.05, 4.69) is 5.32 Å². The number of carbonyl (C=O) groups excluding carboxylic acids is 2. The number of rotatable bonds is 6. The third-order valence-corrected chi connectivity index (χ3v) is 3.77. The van der Waals surface area contributed by atoms with Crippen LogP contribution >= 0.6 is 0 Å². The van der Waals surface area contributed by atoms with Crippen LogP contribution in [0.5, 0.6) is 5.75 Å². The van der Waals surface area contributed by atoms with E-state index in [1.165, 1.54) is 0 Å². The summed E-state index contributed by atoms with van der Waals surface area (Å²) in [5, 5.41) is 2.80. The summed E-state index contributed by atoms with van der Waals surface area (Å²) in [5.41, 5.74) is 3.07. The molecule has 0 unspecified atom stereocenters. The third kappa shape index (κ3) is 5.34. The first-order valence-corrected chi connectivity index (χ1v) is 8.62. The topological polar surface area (TPSA) is 64.6 Å². The number of esters is 1. The molecule has 0 spiro atoms. The first-order valence-electron chi connectivity index (χ1n) is 8.62. The van der Waals surface area contributed by atoms with E-state index in [0.29, 0.717) is 17.0 Å². The van der Waals surface area contributed by atoms with Gasteiger partial charge in [-0.15, -0.1) is 0 Å². The Bertz CT molecular complexity index is 781. The second-order valence-corrected chi connectivity index (χ2v) is 6.55. The lowest BCUT2D eigenvalue weighted by Gasteiger charge is -2.15. The van der Waals surface area contributed by atoms with E-state index in [-0.39, 0.29) is 12.0 Å². The molecule has 0 aromatic heterocycles. The van der Waals surface area contributed by atoms with Gasteiger partial charge in [0.2, 0.25) is 0 Å². The molecule has 2 aromatic carbocycles. The van der Waals surface area contributed by atoms with Crippen LogP contribution in [0.15, 0.2) is 42.5 Å². The Balaban J connectivity index is 1.97. The highest BCUT2D eigenvalue weighted by molar-refractivity contribution is 5.97. The Morgan fingerprint density at radius 3 is 2.23 bits per heavy atom. The average molecular weight is 355 g/mol. The maximum Gasteiger partial charge on any atom is 0.338 e. The van der Waals surface area contributed by atoms with Crippen LogP contribution in [0.25, 0.3) is 0 Å². The Morgan fingerprint density at radius 2 is 1.62 bits per heavy atom. The van der Waals surface area contributed by atoms with E-state index in [0.717, 1.165) is 11.1 Å². The van der Waals surface area contributed by atoms with Crippen molar-refractivity contribution in [1.82, 2.24) is 0 Å². The standard InChI is InChI=1S/C21H25NO4/c1-13(2)25-18-10-8-17(9-11-18)21(24)26-16(5)20(23)22-19-12-14(3)6-7-15(19)4/h6-13,16H,1-5H3,(H,22,23)/t16-/m1/s1. The molecule has 1 atom stereocenters. The Morgan fingerprint density at radius 1 is 0.962 bits per heavy atom. The molecule has 0 saturated heterocycles. The molecule has 0 heterocycles. The van der Waals surface area contributed by atoms with Crippen molar-refractivity contribution in [3.05, 3.63) is 59.2 Å². The summed E-state index contributed by atoms with van der Waals surface area (Å²) in [6.45, 7) is 9.27. The summed E-state index contributed by atoms with van der Waals surface area (Å²) in [7, 11) is 0. The molecule has 0 aliphatic carbocycles. The van der Waals surface area contributed by atoms with Crippen molar-refractivity contribution in [2.75, 3.05) is 5.32 Å². The minimum atomic E-state index is -0.908. The maximum absolute atomic E-state index is 12.3. The van der Waals surface area contributed by atoms with Crippen molar-refractivity contribution >= 4 is 17.6 Å². The van der Waals surface area contributed by atoms with Gasteiger partial charge in [-0.3, -0.25) is 4.79 Å². The summed E-state index contributed by atoms with van der Waals surface area (Å²) in [6, 6.07) is 12.4. The fourth-order valence-electron chi connectivity index (χ4n) is 2.33. The van der Waals surface area contributed by atoms with E-state index in [4.69, 9.17) is 9.47 Å². The van der Waals surface area contributed by atoms with Crippen LogP contribution in [0.3, 0.4) is 0 Å². The third-order valence-electron chi connectivity index (χ3n) is 3.77. The number of benzene rings is 2. The SMILES string of the molecule is Cc1ccc(C)c(NC(=O)[C@@H](C)OC(=O)c2ccc(OC(C)C)cc2)c1. The number of nitrogens with one attached hydrogen (secondary N) is 1. The number of carbonyl (C=O) groups is 2. The fourth-order valence-corrected chi connectivity index (χ4v) is 2.33. The Hall–Kier alpha value is -2.82. The van der Waals surface area contributed by atoms with Crippen LogP contribution < -0.4 is 10.1 Å². The first-order chi connectivity index (χ1) is 12.3. The first kappa shape index (κ1) is 19.5. The predicted molar refractivity (Wildman–Crippen MR) is 102 cm³/mol. The molecule has 0 saturated carbocycles. The van der Waals surface area contributed by atoms with Crippen molar-refractivity contribution in [2.24, 2.45) is 0 Å². The number of anilines is 1. The van der Waals surface area contributed by atoms with Crippen LogP contribution in [-0.2, 0) is 9.53 Å². The molecule has 5 heteroatoms. The smallest absolute Gasteiger partial charge is 0.338 e. The molecule has 0 bridgehead atoms. The zero-order valence-electron chi connectivity index (χ0n) is 15.8. The maximum atomic E-state index is 12.3. The molecule has 1 amide bonds. The van der Waals surface area contributed by atoms with Crippen molar-refractivity contribution in [2.45, 2.75) is 46.8 Å². The highest BCUT2D eigenvalue weighted by Crippen LogP contribution is 2.18. The summed E-state index contributed by atoms with van der Waals surface area (Å²) in [5.74, 6) is -0.242. The molecule has 5 nitrogen and oxygen atoms in total. The number of hydrogen-bond acceptors (Lipinski definition) is 4. The van der Waals surface area contributed by atoms with Crippen molar-refractivity contribution in [3.8, 4) is 5.75 Å². The van der Waals surface area contributed by atoms with Crippen molar-refractivity contribution in [1.29, 1.82) is 0 Å². The molecule has 0 radical (unpaired) electrons. The minimum Gasteiger partial charge on any atom is -0.491 e. The average Bonchev–Trinajstić information content (AvgIpc) is 2.58. The second-order valence-electron chi connectivity index (χ2n) is 6.55. The predicted octanol–water partition coefficient (Wildman–Crippen LogP) is 4.27. The molecule has 0 aliphatic heterocycles. The van der Waals surface area contributed by atoms with Gasteiger partial charge in [-0.25, -0.2) is 4.79 Å². The second kappa shape index (κ2) is 8.52. The molecule has 26 heavy (non-hydrogen) atoms. The van der Waals surface area contributed by atoms with E-state index >= 15 is 0 Å². The van der Waals surface area contributed by atoms with Crippen molar-refractivity contribution < 1.29 is 19.1 Å². The van der Waals surface area contributed by atoms with Gasteiger partial charge >= 0.3 is 5.97 Å². The Labute approximate surface area is 154 Å². The number of ether oxygens (including phenoxy) is 2. The van der Waals surface area contributed by atoms with Gasteiger partial charge in [0, 0.05) is 5.69 Å². The van der Waals surface area contributed by atoms with Gasteiger partial charge in [-0.05, 0) is 76.1 Å². The fraction of sp³-hybridized carbons (Fsp3) is 0.333. The van der Waals surface area contributed by atoms with Gasteiger partial charge in [0.05, 0.1) is 11.7 Å². The zero-order chi connectivity index (χ0) is 19.3. The van der Waals surface area contributed by atoms with Gasteiger partial charge in [-0.1, -0.05) is 12.1 Å². The lowest BCUT2D eigenvalue weighted by molar-refractivity contribution is -0.123. The van der Waals surface area contributed by atoms with Gasteiger partial charge in [-0.2, -0.15) is 0 Å². The van der Waals surface area contributed by atoms with Crippen LogP contribution in [-0.4, -0.2) is 24.1 Å². The largest absolute Gasteiger partial charge is 0.491 e. The van der Waals surface area contributed by atoms with Crippen LogP contribution in [0.4, 0.5) is 5.69 Å². The Kier molecular flexibility index (Phi) is 6.39. The van der Waals surface area contributed by atoms with Gasteiger partial charge in [0.15, 0.2) is 6.10 Å².